The summed E-state index contributed by atoms with van der Waals surface area (Å²) in [5.41, 5.74) is 2.55. The van der Waals surface area contributed by atoms with Gasteiger partial charge >= 0.3 is 7.67 Å². The van der Waals surface area contributed by atoms with Crippen molar-refractivity contribution in [2.45, 2.75) is 84.7 Å². The van der Waals surface area contributed by atoms with E-state index in [9.17, 15) is 0 Å². The van der Waals surface area contributed by atoms with Crippen LogP contribution < -0.4 is 0 Å². The lowest BCUT2D eigenvalue weighted by Crippen LogP contribution is -2.49. The molecule has 238 valence electrons. The van der Waals surface area contributed by atoms with Crippen LogP contribution in [0.4, 0.5) is 0 Å². The maximum atomic E-state index is 15.7. The van der Waals surface area contributed by atoms with E-state index < -0.39 is 7.67 Å². The SMILES string of the molecule is CCC1CN(P(=O)(OCC2CN(C)C[C@H](c3ccccc3)O2)N2CCCC(C)(C)CC(C)(C)C2)C[C@H](c2ccccc2)O1. The van der Waals surface area contributed by atoms with Gasteiger partial charge in [-0.05, 0) is 54.7 Å². The van der Waals surface area contributed by atoms with Gasteiger partial charge in [0.1, 0.15) is 0 Å². The molecule has 3 unspecified atom stereocenters. The van der Waals surface area contributed by atoms with E-state index in [4.69, 9.17) is 14.0 Å². The fourth-order valence-corrected chi connectivity index (χ4v) is 10.3. The van der Waals surface area contributed by atoms with Crippen molar-refractivity contribution in [1.29, 1.82) is 0 Å². The Labute approximate surface area is 260 Å². The van der Waals surface area contributed by atoms with Gasteiger partial charge in [-0.15, -0.1) is 0 Å². The summed E-state index contributed by atoms with van der Waals surface area (Å²) in [4.78, 5) is 2.30. The Morgan fingerprint density at radius 1 is 0.814 bits per heavy atom. The number of likely N-dealkylation sites (N-methyl/N-ethyl adjacent to an activating group) is 1. The molecular weight excluding hydrogens is 557 g/mol. The smallest absolute Gasteiger partial charge is 0.346 e. The van der Waals surface area contributed by atoms with Crippen LogP contribution in [0, 0.1) is 10.8 Å². The fourth-order valence-electron chi connectivity index (χ4n) is 7.56. The molecule has 0 N–H and O–H groups in total. The lowest BCUT2D eigenvalue weighted by molar-refractivity contribution is -0.100. The molecule has 0 aliphatic carbocycles. The number of benzene rings is 2. The van der Waals surface area contributed by atoms with Gasteiger partial charge in [0.2, 0.25) is 0 Å². The number of morpholine rings is 2. The third-order valence-corrected chi connectivity index (χ3v) is 11.9. The van der Waals surface area contributed by atoms with E-state index in [-0.39, 0.29) is 41.9 Å². The molecule has 3 fully saturated rings. The molecule has 3 heterocycles. The average Bonchev–Trinajstić information content (AvgIpc) is 2.98. The van der Waals surface area contributed by atoms with E-state index in [1.165, 1.54) is 5.56 Å². The highest BCUT2D eigenvalue weighted by molar-refractivity contribution is 7.54. The molecule has 3 saturated heterocycles. The molecule has 0 aromatic heterocycles. The highest BCUT2D eigenvalue weighted by Crippen LogP contribution is 2.59. The molecule has 3 aliphatic heterocycles. The largest absolute Gasteiger partial charge is 0.368 e. The van der Waals surface area contributed by atoms with Crippen molar-refractivity contribution in [3.8, 4) is 0 Å². The second kappa shape index (κ2) is 13.8. The standard InChI is InChI=1S/C35H54N3O4P/c1-7-30-22-38(24-33(41-30)29-17-12-9-13-18-29)43(39,37-20-14-19-34(2,3)26-35(4,5)27-37)40-25-31-21-36(6)23-32(42-31)28-15-10-8-11-16-28/h8-13,15-18,30-33H,7,14,19-27H2,1-6H3/t30?,31?,32-,33-,43?/m1/s1. The van der Waals surface area contributed by atoms with Gasteiger partial charge in [-0.3, -0.25) is 4.57 Å². The van der Waals surface area contributed by atoms with E-state index in [1.807, 2.05) is 12.1 Å². The van der Waals surface area contributed by atoms with Gasteiger partial charge < -0.3 is 18.9 Å². The minimum Gasteiger partial charge on any atom is -0.368 e. The Bertz CT molecular complexity index is 1210. The summed E-state index contributed by atoms with van der Waals surface area (Å²) in [6.07, 6.45) is 3.66. The highest BCUT2D eigenvalue weighted by Gasteiger charge is 2.47. The summed E-state index contributed by atoms with van der Waals surface area (Å²) in [5.74, 6) is 0. The zero-order chi connectivity index (χ0) is 30.7. The second-order valence-corrected chi connectivity index (χ2v) is 17.0. The van der Waals surface area contributed by atoms with E-state index in [2.05, 4.69) is 104 Å². The van der Waals surface area contributed by atoms with Gasteiger partial charge in [-0.25, -0.2) is 9.34 Å². The van der Waals surface area contributed by atoms with Crippen molar-refractivity contribution in [1.82, 2.24) is 14.2 Å². The summed E-state index contributed by atoms with van der Waals surface area (Å²) < 4.78 is 40.0. The third-order valence-electron chi connectivity index (χ3n) is 9.28. The number of nitrogens with zero attached hydrogens (tertiary/aromatic N) is 3. The molecule has 5 rings (SSSR count). The molecule has 0 bridgehead atoms. The molecule has 2 aromatic rings. The normalized spacial score (nSPS) is 30.7. The van der Waals surface area contributed by atoms with E-state index >= 15 is 4.57 Å². The van der Waals surface area contributed by atoms with Crippen molar-refractivity contribution in [3.05, 3.63) is 71.8 Å². The maximum Gasteiger partial charge on any atom is 0.346 e. The van der Waals surface area contributed by atoms with Crippen molar-refractivity contribution < 1.29 is 18.6 Å². The predicted octanol–water partition coefficient (Wildman–Crippen LogP) is 7.57. The first kappa shape index (κ1) is 32.8. The van der Waals surface area contributed by atoms with Crippen LogP contribution in [0.15, 0.2) is 60.7 Å². The predicted molar refractivity (Wildman–Crippen MR) is 174 cm³/mol. The first-order chi connectivity index (χ1) is 20.5. The van der Waals surface area contributed by atoms with Gasteiger partial charge in [0.15, 0.2) is 0 Å². The van der Waals surface area contributed by atoms with E-state index in [1.54, 1.807) is 0 Å². The van der Waals surface area contributed by atoms with Crippen LogP contribution in [0.5, 0.6) is 0 Å². The summed E-state index contributed by atoms with van der Waals surface area (Å²) >= 11 is 0. The molecule has 8 heteroatoms. The van der Waals surface area contributed by atoms with Crippen molar-refractivity contribution in [2.75, 3.05) is 52.9 Å². The molecule has 43 heavy (non-hydrogen) atoms. The maximum absolute atomic E-state index is 15.7. The van der Waals surface area contributed by atoms with Crippen LogP contribution in [0.3, 0.4) is 0 Å². The van der Waals surface area contributed by atoms with E-state index in [0.29, 0.717) is 13.1 Å². The lowest BCUT2D eigenvalue weighted by Gasteiger charge is -2.48. The van der Waals surface area contributed by atoms with Gasteiger partial charge in [-0.1, -0.05) is 95.3 Å². The zero-order valence-corrected chi connectivity index (χ0v) is 28.2. The van der Waals surface area contributed by atoms with Gasteiger partial charge in [0.05, 0.1) is 31.0 Å². The Kier molecular flexibility index (Phi) is 10.5. The molecule has 7 nitrogen and oxygen atoms in total. The van der Waals surface area contributed by atoms with E-state index in [0.717, 1.165) is 57.4 Å². The molecule has 0 spiro atoms. The number of hydrogen-bond donors (Lipinski definition) is 0. The minimum absolute atomic E-state index is 0.00181. The molecular formula is C35H54N3O4P. The first-order valence-corrected chi connectivity index (χ1v) is 17.8. The van der Waals surface area contributed by atoms with Crippen LogP contribution in [-0.2, 0) is 18.6 Å². The van der Waals surface area contributed by atoms with Crippen LogP contribution in [0.25, 0.3) is 0 Å². The number of hydrogen-bond acceptors (Lipinski definition) is 5. The Morgan fingerprint density at radius 3 is 2.05 bits per heavy atom. The van der Waals surface area contributed by atoms with Crippen molar-refractivity contribution >= 4 is 7.67 Å². The van der Waals surface area contributed by atoms with Gasteiger partial charge in [0.25, 0.3) is 0 Å². The average molecular weight is 612 g/mol. The van der Waals surface area contributed by atoms with Crippen LogP contribution >= 0.6 is 7.67 Å². The molecule has 3 aliphatic rings. The summed E-state index contributed by atoms with van der Waals surface area (Å²) in [7, 11) is -1.31. The Hall–Kier alpha value is -1.57. The number of rotatable bonds is 8. The first-order valence-electron chi connectivity index (χ1n) is 16.3. The zero-order valence-electron chi connectivity index (χ0n) is 27.3. The molecule has 2 aromatic carbocycles. The Balaban J connectivity index is 1.42. The number of ether oxygens (including phenoxy) is 2. The lowest BCUT2D eigenvalue weighted by atomic mass is 9.72. The molecule has 0 amide bonds. The van der Waals surface area contributed by atoms with Crippen LogP contribution in [-0.4, -0.2) is 79.4 Å². The summed E-state index contributed by atoms with van der Waals surface area (Å²) in [6, 6.07) is 20.8. The highest BCUT2D eigenvalue weighted by atomic mass is 31.2. The molecule has 5 atom stereocenters. The van der Waals surface area contributed by atoms with Crippen molar-refractivity contribution in [2.24, 2.45) is 10.8 Å². The van der Waals surface area contributed by atoms with Crippen LogP contribution in [0.2, 0.25) is 0 Å². The summed E-state index contributed by atoms with van der Waals surface area (Å²) in [5, 5.41) is 0. The summed E-state index contributed by atoms with van der Waals surface area (Å²) in [6.45, 7) is 16.0. The second-order valence-electron chi connectivity index (χ2n) is 14.6. The van der Waals surface area contributed by atoms with Gasteiger partial charge in [0, 0.05) is 39.3 Å². The molecule has 0 radical (unpaired) electrons. The minimum atomic E-state index is -3.44. The van der Waals surface area contributed by atoms with Gasteiger partial charge in [-0.2, -0.15) is 0 Å². The third kappa shape index (κ3) is 8.38. The Morgan fingerprint density at radius 2 is 1.42 bits per heavy atom. The molecule has 0 saturated carbocycles. The monoisotopic (exact) mass is 611 g/mol. The quantitative estimate of drug-likeness (QED) is 0.285. The fraction of sp³-hybridized carbons (Fsp3) is 0.657. The van der Waals surface area contributed by atoms with Crippen molar-refractivity contribution in [3.63, 3.8) is 0 Å². The topological polar surface area (TPSA) is 54.5 Å². The van der Waals surface area contributed by atoms with Crippen LogP contribution in [0.1, 0.15) is 83.6 Å².